The van der Waals surface area contributed by atoms with Crippen LogP contribution in [0.25, 0.3) is 0 Å². The first kappa shape index (κ1) is 25.6. The second kappa shape index (κ2) is 10.5. The van der Waals surface area contributed by atoms with Gasteiger partial charge < -0.3 is 20.9 Å². The van der Waals surface area contributed by atoms with Crippen LogP contribution in [-0.2, 0) is 6.54 Å². The summed E-state index contributed by atoms with van der Waals surface area (Å²) < 4.78 is 0. The van der Waals surface area contributed by atoms with Gasteiger partial charge in [-0.3, -0.25) is 0 Å². The Labute approximate surface area is 237 Å². The molecule has 1 saturated heterocycles. The van der Waals surface area contributed by atoms with Crippen LogP contribution >= 0.6 is 11.6 Å². The Balaban J connectivity index is 0.984. The number of likely N-dealkylation sites (tertiary alicyclic amines) is 1. The number of rotatable bonds is 9. The third-order valence-corrected chi connectivity index (χ3v) is 10.7. The van der Waals surface area contributed by atoms with E-state index in [-0.39, 0.29) is 0 Å². The van der Waals surface area contributed by atoms with Crippen molar-refractivity contribution < 1.29 is 0 Å². The van der Waals surface area contributed by atoms with Crippen LogP contribution in [0.1, 0.15) is 68.9 Å². The van der Waals surface area contributed by atoms with E-state index in [2.05, 4.69) is 31.9 Å². The zero-order chi connectivity index (χ0) is 26.4. The standard InChI is InChI=1S/C31H40ClN7/c32-27-4-2-1-3-21(27)17-34-30-35-18-24(16-33)29(38-30)36-19-31-13-20-11-22(14-31)28(23(12-20)15-31)37-25-7-9-39(10-8-25)26-5-6-26/h1-4,18,20,22-23,25-26,28,37H,5-15,17,19H2,(H2,34,35,36,38)/t20?,22-,23+,28-,31-. The largest absolute Gasteiger partial charge is 0.368 e. The van der Waals surface area contributed by atoms with Crippen LogP contribution in [0.4, 0.5) is 11.8 Å². The van der Waals surface area contributed by atoms with Gasteiger partial charge in [0.05, 0.1) is 6.20 Å². The van der Waals surface area contributed by atoms with E-state index in [0.717, 1.165) is 40.9 Å². The molecule has 1 aromatic carbocycles. The Kier molecular flexibility index (Phi) is 6.91. The van der Waals surface area contributed by atoms with Crippen molar-refractivity contribution >= 4 is 23.4 Å². The topological polar surface area (TPSA) is 88.9 Å². The lowest BCUT2D eigenvalue weighted by atomic mass is 9.48. The van der Waals surface area contributed by atoms with Crippen molar-refractivity contribution in [2.24, 2.45) is 23.2 Å². The number of benzene rings is 1. The minimum absolute atomic E-state index is 0.312. The lowest BCUT2D eigenvalue weighted by Crippen LogP contribution is -2.61. The second-order valence-corrected chi connectivity index (χ2v) is 13.5. The van der Waals surface area contributed by atoms with Crippen LogP contribution in [0.3, 0.4) is 0 Å². The number of hydrogen-bond donors (Lipinski definition) is 3. The Morgan fingerprint density at radius 1 is 1.03 bits per heavy atom. The van der Waals surface area contributed by atoms with Gasteiger partial charge in [-0.2, -0.15) is 10.2 Å². The van der Waals surface area contributed by atoms with Gasteiger partial charge in [0.25, 0.3) is 0 Å². The van der Waals surface area contributed by atoms with Crippen LogP contribution in [0.5, 0.6) is 0 Å². The molecule has 8 rings (SSSR count). The van der Waals surface area contributed by atoms with Crippen LogP contribution in [0.2, 0.25) is 5.02 Å². The molecule has 1 aliphatic heterocycles. The normalized spacial score (nSPS) is 32.2. The summed E-state index contributed by atoms with van der Waals surface area (Å²) in [5.41, 5.74) is 1.80. The zero-order valence-corrected chi connectivity index (χ0v) is 23.5. The van der Waals surface area contributed by atoms with E-state index in [1.54, 1.807) is 6.20 Å². The van der Waals surface area contributed by atoms with Crippen molar-refractivity contribution in [2.75, 3.05) is 30.3 Å². The van der Waals surface area contributed by atoms with Gasteiger partial charge in [0.15, 0.2) is 0 Å². The molecule has 39 heavy (non-hydrogen) atoms. The van der Waals surface area contributed by atoms with Crippen molar-refractivity contribution in [1.29, 1.82) is 5.26 Å². The van der Waals surface area contributed by atoms with E-state index in [1.807, 2.05) is 24.3 Å². The van der Waals surface area contributed by atoms with Crippen LogP contribution in [0, 0.1) is 34.5 Å². The molecule has 3 N–H and O–H groups in total. The highest BCUT2D eigenvalue weighted by Gasteiger charge is 2.55. The van der Waals surface area contributed by atoms with E-state index >= 15 is 0 Å². The van der Waals surface area contributed by atoms with Crippen molar-refractivity contribution in [1.82, 2.24) is 20.2 Å². The molecule has 0 amide bonds. The average Bonchev–Trinajstić information content (AvgIpc) is 3.79. The first-order chi connectivity index (χ1) is 19.1. The molecule has 6 fully saturated rings. The number of piperidine rings is 1. The summed E-state index contributed by atoms with van der Waals surface area (Å²) in [6, 6.07) is 12.4. The number of nitrogens with zero attached hydrogens (tertiary/aromatic N) is 4. The molecule has 5 saturated carbocycles. The van der Waals surface area contributed by atoms with Crippen molar-refractivity contribution in [3.63, 3.8) is 0 Å². The lowest BCUT2D eigenvalue weighted by molar-refractivity contribution is -0.0735. The zero-order valence-electron chi connectivity index (χ0n) is 22.7. The van der Waals surface area contributed by atoms with Gasteiger partial charge in [-0.25, -0.2) is 4.98 Å². The smallest absolute Gasteiger partial charge is 0.224 e. The van der Waals surface area contributed by atoms with Gasteiger partial charge >= 0.3 is 0 Å². The maximum Gasteiger partial charge on any atom is 0.224 e. The molecule has 0 spiro atoms. The molecule has 2 heterocycles. The van der Waals surface area contributed by atoms with E-state index in [9.17, 15) is 5.26 Å². The van der Waals surface area contributed by atoms with Crippen LogP contribution in [0.15, 0.2) is 30.5 Å². The molecular formula is C31H40ClN7. The predicted molar refractivity (Wildman–Crippen MR) is 155 cm³/mol. The fraction of sp³-hybridized carbons (Fsp3) is 0.645. The Hall–Kier alpha value is -2.40. The summed E-state index contributed by atoms with van der Waals surface area (Å²) in [6.07, 6.45) is 13.8. The first-order valence-corrected chi connectivity index (χ1v) is 15.4. The number of halogens is 1. The van der Waals surface area contributed by atoms with Crippen molar-refractivity contribution in [3.05, 3.63) is 46.6 Å². The molecule has 1 unspecified atom stereocenters. The SMILES string of the molecule is N#Cc1cnc(NCc2ccccc2Cl)nc1NC[C@]12CC3C[C@H](C1)[C@@H](NC1CCN(C4CC4)CC1)[C@@H](C3)C2. The maximum absolute atomic E-state index is 9.74. The van der Waals surface area contributed by atoms with Gasteiger partial charge in [-0.15, -0.1) is 0 Å². The molecule has 6 aliphatic rings. The molecule has 0 radical (unpaired) electrons. The Bertz CT molecular complexity index is 1220. The first-order valence-electron chi connectivity index (χ1n) is 15.1. The number of hydrogen-bond acceptors (Lipinski definition) is 7. The number of aromatic nitrogens is 2. The minimum atomic E-state index is 0.312. The van der Waals surface area contributed by atoms with E-state index in [1.165, 1.54) is 70.9 Å². The highest BCUT2D eigenvalue weighted by Crippen LogP contribution is 2.60. The fourth-order valence-corrected chi connectivity index (χ4v) is 8.80. The summed E-state index contributed by atoms with van der Waals surface area (Å²) in [7, 11) is 0. The van der Waals surface area contributed by atoms with E-state index < -0.39 is 0 Å². The number of nitriles is 1. The summed E-state index contributed by atoms with van der Waals surface area (Å²) in [5, 5.41) is 21.6. The number of anilines is 2. The van der Waals surface area contributed by atoms with Gasteiger partial charge in [-0.05, 0) is 106 Å². The number of nitrogens with one attached hydrogen (secondary N) is 3. The van der Waals surface area contributed by atoms with Crippen molar-refractivity contribution in [2.45, 2.75) is 82.5 Å². The van der Waals surface area contributed by atoms with E-state index in [4.69, 9.17) is 16.6 Å². The van der Waals surface area contributed by atoms with E-state index in [0.29, 0.717) is 41.4 Å². The summed E-state index contributed by atoms with van der Waals surface area (Å²) in [6.45, 7) is 4.00. The molecule has 8 heteroatoms. The molecule has 7 nitrogen and oxygen atoms in total. The van der Waals surface area contributed by atoms with Crippen LogP contribution < -0.4 is 16.0 Å². The third-order valence-electron chi connectivity index (χ3n) is 10.4. The monoisotopic (exact) mass is 545 g/mol. The maximum atomic E-state index is 9.74. The van der Waals surface area contributed by atoms with Crippen LogP contribution in [-0.4, -0.2) is 52.6 Å². The average molecular weight is 546 g/mol. The molecule has 5 aliphatic carbocycles. The third kappa shape index (κ3) is 5.36. The van der Waals surface area contributed by atoms with Gasteiger partial charge in [-0.1, -0.05) is 29.8 Å². The minimum Gasteiger partial charge on any atom is -0.368 e. The summed E-state index contributed by atoms with van der Waals surface area (Å²) >= 11 is 6.31. The second-order valence-electron chi connectivity index (χ2n) is 13.1. The predicted octanol–water partition coefficient (Wildman–Crippen LogP) is 5.44. The summed E-state index contributed by atoms with van der Waals surface area (Å²) in [5.74, 6) is 3.58. The van der Waals surface area contributed by atoms with Crippen molar-refractivity contribution in [3.8, 4) is 6.07 Å². The van der Waals surface area contributed by atoms with Gasteiger partial charge in [0.1, 0.15) is 17.5 Å². The lowest BCUT2D eigenvalue weighted by Gasteiger charge is -2.61. The molecule has 206 valence electrons. The molecule has 1 aromatic heterocycles. The Morgan fingerprint density at radius 2 is 1.79 bits per heavy atom. The Morgan fingerprint density at radius 3 is 2.51 bits per heavy atom. The van der Waals surface area contributed by atoms with Gasteiger partial charge in [0.2, 0.25) is 5.95 Å². The summed E-state index contributed by atoms with van der Waals surface area (Å²) in [4.78, 5) is 11.8. The highest BCUT2D eigenvalue weighted by atomic mass is 35.5. The fourth-order valence-electron chi connectivity index (χ4n) is 8.60. The quantitative estimate of drug-likeness (QED) is 0.387. The van der Waals surface area contributed by atoms with Gasteiger partial charge in [0, 0.05) is 36.2 Å². The molecule has 2 aromatic rings. The molecule has 4 bridgehead atoms. The molecular weight excluding hydrogens is 506 g/mol. The molecule has 5 atom stereocenters. The highest BCUT2D eigenvalue weighted by molar-refractivity contribution is 6.31.